The minimum Gasteiger partial charge on any atom is -0.462 e. The molecule has 0 saturated heterocycles. The molecule has 0 saturated carbocycles. The van der Waals surface area contributed by atoms with Crippen LogP contribution >= 0.6 is 7.82 Å². The Morgan fingerprint density at radius 2 is 1.21 bits per heavy atom. The third kappa shape index (κ3) is 33.1. The van der Waals surface area contributed by atoms with Gasteiger partial charge in [-0.3, -0.25) is 18.6 Å². The topological polar surface area (TPSA) is 134 Å². The van der Waals surface area contributed by atoms with E-state index < -0.39 is 32.5 Å². The van der Waals surface area contributed by atoms with Gasteiger partial charge in [-0.2, -0.15) is 0 Å². The molecule has 48 heavy (non-hydrogen) atoms. The highest BCUT2D eigenvalue weighted by Gasteiger charge is 2.25. The number of esters is 2. The average molecular weight is 692 g/mol. The van der Waals surface area contributed by atoms with Crippen molar-refractivity contribution in [3.05, 3.63) is 85.1 Å². The van der Waals surface area contributed by atoms with Crippen LogP contribution in [0.1, 0.15) is 110 Å². The van der Waals surface area contributed by atoms with Gasteiger partial charge in [0.15, 0.2) is 6.10 Å². The quantitative estimate of drug-likeness (QED) is 0.0240. The molecular formula is C38H62NO8P. The van der Waals surface area contributed by atoms with E-state index >= 15 is 0 Å². The summed E-state index contributed by atoms with van der Waals surface area (Å²) in [7, 11) is -4.39. The normalized spacial score (nSPS) is 14.5. The number of unbranched alkanes of at least 4 members (excludes halogenated alkanes) is 8. The molecule has 2 unspecified atom stereocenters. The van der Waals surface area contributed by atoms with Crippen LogP contribution in [0.5, 0.6) is 0 Å². The van der Waals surface area contributed by atoms with Crippen molar-refractivity contribution in [2.45, 2.75) is 116 Å². The predicted octanol–water partition coefficient (Wildman–Crippen LogP) is 9.32. The molecule has 3 N–H and O–H groups in total. The van der Waals surface area contributed by atoms with Gasteiger partial charge < -0.3 is 20.1 Å². The molecule has 0 fully saturated rings. The van der Waals surface area contributed by atoms with Crippen molar-refractivity contribution in [2.24, 2.45) is 5.73 Å². The van der Waals surface area contributed by atoms with Gasteiger partial charge in [-0.15, -0.1) is 0 Å². The monoisotopic (exact) mass is 691 g/mol. The second-order valence-electron chi connectivity index (χ2n) is 11.1. The molecule has 0 aliphatic rings. The van der Waals surface area contributed by atoms with Crippen LogP contribution in [0.2, 0.25) is 0 Å². The molecule has 0 aliphatic carbocycles. The first-order valence-electron chi connectivity index (χ1n) is 17.6. The summed E-state index contributed by atoms with van der Waals surface area (Å²) >= 11 is 0. The number of hydrogen-bond donors (Lipinski definition) is 2. The fourth-order valence-corrected chi connectivity index (χ4v) is 4.88. The second-order valence-corrected chi connectivity index (χ2v) is 12.5. The molecule has 10 heteroatoms. The number of phosphoric acid groups is 1. The van der Waals surface area contributed by atoms with Gasteiger partial charge in [-0.05, 0) is 51.4 Å². The maximum atomic E-state index is 12.5. The van der Waals surface area contributed by atoms with Gasteiger partial charge in [0, 0.05) is 19.4 Å². The zero-order chi connectivity index (χ0) is 35.4. The number of hydrogen-bond acceptors (Lipinski definition) is 8. The largest absolute Gasteiger partial charge is 0.472 e. The lowest BCUT2D eigenvalue weighted by Gasteiger charge is -2.19. The average Bonchev–Trinajstić information content (AvgIpc) is 3.07. The lowest BCUT2D eigenvalue weighted by Crippen LogP contribution is -2.29. The predicted molar refractivity (Wildman–Crippen MR) is 196 cm³/mol. The van der Waals surface area contributed by atoms with Crippen LogP contribution in [0, 0.1) is 0 Å². The van der Waals surface area contributed by atoms with E-state index in [0.717, 1.165) is 44.9 Å². The van der Waals surface area contributed by atoms with Crippen LogP contribution in [0.15, 0.2) is 85.1 Å². The van der Waals surface area contributed by atoms with E-state index in [0.29, 0.717) is 19.3 Å². The first-order chi connectivity index (χ1) is 23.3. The van der Waals surface area contributed by atoms with Gasteiger partial charge in [0.25, 0.3) is 0 Å². The number of carbonyl (C=O) groups is 2. The Hall–Kier alpha value is -2.81. The van der Waals surface area contributed by atoms with Gasteiger partial charge in [0.2, 0.25) is 0 Å². The van der Waals surface area contributed by atoms with Gasteiger partial charge >= 0.3 is 19.8 Å². The first-order valence-corrected chi connectivity index (χ1v) is 19.1. The van der Waals surface area contributed by atoms with Crippen LogP contribution in [0.4, 0.5) is 0 Å². The van der Waals surface area contributed by atoms with E-state index in [4.69, 9.17) is 24.3 Å². The Morgan fingerprint density at radius 3 is 1.88 bits per heavy atom. The molecule has 0 aromatic carbocycles. The number of carbonyl (C=O) groups excluding carboxylic acids is 2. The van der Waals surface area contributed by atoms with Crippen molar-refractivity contribution >= 4 is 19.8 Å². The van der Waals surface area contributed by atoms with Gasteiger partial charge in [-0.25, -0.2) is 4.57 Å². The number of ether oxygens (including phenoxy) is 2. The molecule has 2 atom stereocenters. The fourth-order valence-electron chi connectivity index (χ4n) is 4.11. The highest BCUT2D eigenvalue weighted by atomic mass is 31.2. The molecule has 0 spiro atoms. The molecule has 0 bridgehead atoms. The molecule has 0 aromatic heterocycles. The summed E-state index contributed by atoms with van der Waals surface area (Å²) < 4.78 is 32.5. The van der Waals surface area contributed by atoms with Gasteiger partial charge in [-0.1, -0.05) is 131 Å². The Kier molecular flexibility index (Phi) is 32.1. The maximum Gasteiger partial charge on any atom is 0.472 e. The summed E-state index contributed by atoms with van der Waals surface area (Å²) in [4.78, 5) is 34.6. The van der Waals surface area contributed by atoms with Crippen molar-refractivity contribution in [1.82, 2.24) is 0 Å². The number of allylic oxidation sites excluding steroid dienone is 14. The third-order valence-corrected chi connectivity index (χ3v) is 7.64. The van der Waals surface area contributed by atoms with E-state index in [1.54, 1.807) is 0 Å². The molecule has 9 nitrogen and oxygen atoms in total. The van der Waals surface area contributed by atoms with Crippen LogP contribution in [0.25, 0.3) is 0 Å². The molecule has 0 amide bonds. The molecular weight excluding hydrogens is 629 g/mol. The SMILES string of the molecule is CC/C=C/C=C/C=C/C=C/C=C/CCCC(=O)OC(COC(=O)CCCCCCCCC/C=C/C/C=C/CC)COP(=O)(O)OCCN. The Morgan fingerprint density at radius 1 is 0.646 bits per heavy atom. The van der Waals surface area contributed by atoms with Gasteiger partial charge in [0.1, 0.15) is 6.61 Å². The Balaban J connectivity index is 4.41. The lowest BCUT2D eigenvalue weighted by molar-refractivity contribution is -0.161. The maximum absolute atomic E-state index is 12.5. The fraction of sp³-hybridized carbons (Fsp3) is 0.579. The van der Waals surface area contributed by atoms with E-state index in [1.807, 2.05) is 54.7 Å². The summed E-state index contributed by atoms with van der Waals surface area (Å²) in [5, 5.41) is 0. The van der Waals surface area contributed by atoms with Crippen LogP contribution in [-0.2, 0) is 32.7 Å². The van der Waals surface area contributed by atoms with Crippen molar-refractivity contribution < 1.29 is 37.6 Å². The van der Waals surface area contributed by atoms with Gasteiger partial charge in [0.05, 0.1) is 13.2 Å². The standard InChI is InChI=1S/C38H62NO8P/c1-3-5-7-9-11-13-15-17-19-20-22-24-26-28-30-37(40)44-34-36(35-46-48(42,43)45-33-32-39)47-38(41)31-29-27-25-23-21-18-16-14-12-10-8-6-4-2/h5-8,10-14,16,18,21,23,25,36H,3-4,9,15,17,19-20,22,24,26-35,39H2,1-2H3,(H,42,43)/b7-5+,8-6+,12-10+,13-11+,16-14+,21-18+,25-23+. The van der Waals surface area contributed by atoms with Crippen LogP contribution in [-0.4, -0.2) is 49.3 Å². The summed E-state index contributed by atoms with van der Waals surface area (Å²) in [5.74, 6) is -0.938. The van der Waals surface area contributed by atoms with Crippen LogP contribution in [0.3, 0.4) is 0 Å². The van der Waals surface area contributed by atoms with Crippen molar-refractivity contribution in [1.29, 1.82) is 0 Å². The Labute approximate surface area is 290 Å². The first kappa shape index (κ1) is 45.2. The van der Waals surface area contributed by atoms with Crippen molar-refractivity contribution in [2.75, 3.05) is 26.4 Å². The highest BCUT2D eigenvalue weighted by Crippen LogP contribution is 2.43. The molecule has 0 rings (SSSR count). The summed E-state index contributed by atoms with van der Waals surface area (Å²) in [6, 6.07) is 0. The summed E-state index contributed by atoms with van der Waals surface area (Å²) in [5.41, 5.74) is 5.31. The van der Waals surface area contributed by atoms with Crippen molar-refractivity contribution in [3.8, 4) is 0 Å². The van der Waals surface area contributed by atoms with E-state index in [1.165, 1.54) is 19.3 Å². The molecule has 272 valence electrons. The number of phosphoric ester groups is 1. The lowest BCUT2D eigenvalue weighted by atomic mass is 10.1. The van der Waals surface area contributed by atoms with E-state index in [2.05, 4.69) is 44.2 Å². The Bertz CT molecular complexity index is 1060. The van der Waals surface area contributed by atoms with E-state index in [-0.39, 0.29) is 32.6 Å². The zero-order valence-corrected chi connectivity index (χ0v) is 30.3. The molecule has 0 aromatic rings. The third-order valence-electron chi connectivity index (χ3n) is 6.65. The van der Waals surface area contributed by atoms with Crippen molar-refractivity contribution in [3.63, 3.8) is 0 Å². The molecule has 0 aliphatic heterocycles. The van der Waals surface area contributed by atoms with Crippen LogP contribution < -0.4 is 5.73 Å². The number of rotatable bonds is 31. The second kappa shape index (κ2) is 34.1. The minimum atomic E-state index is -4.39. The highest BCUT2D eigenvalue weighted by molar-refractivity contribution is 7.47. The molecule has 0 radical (unpaired) electrons. The summed E-state index contributed by atoms with van der Waals surface area (Å²) in [6.45, 7) is 3.34. The summed E-state index contributed by atoms with van der Waals surface area (Å²) in [6.07, 6.45) is 40.6. The minimum absolute atomic E-state index is 0.0359. The smallest absolute Gasteiger partial charge is 0.462 e. The number of nitrogens with two attached hydrogens (primary N) is 1. The zero-order valence-electron chi connectivity index (χ0n) is 29.4. The van der Waals surface area contributed by atoms with E-state index in [9.17, 15) is 19.0 Å². The molecule has 0 heterocycles.